The maximum atomic E-state index is 11.2. The van der Waals surface area contributed by atoms with Crippen molar-refractivity contribution in [2.45, 2.75) is 70.6 Å². The molecule has 2 aliphatic heterocycles. The molecule has 1 unspecified atom stereocenters. The Balaban J connectivity index is 0.000000148. The molecular weight excluding hydrogens is 586 g/mol. The summed E-state index contributed by atoms with van der Waals surface area (Å²) < 4.78 is 10.8. The molecule has 1 atom stereocenters. The van der Waals surface area contributed by atoms with E-state index in [1.165, 1.54) is 55.5 Å². The number of ether oxygens (including phenoxy) is 2. The second kappa shape index (κ2) is 16.2. The van der Waals surface area contributed by atoms with Crippen LogP contribution in [0, 0.1) is 23.7 Å². The van der Waals surface area contributed by atoms with Crippen LogP contribution in [0.25, 0.3) is 10.9 Å². The van der Waals surface area contributed by atoms with E-state index >= 15 is 0 Å². The smallest absolute Gasteiger partial charge is 0.335 e. The van der Waals surface area contributed by atoms with Gasteiger partial charge in [0.25, 0.3) is 0 Å². The molecule has 46 heavy (non-hydrogen) atoms. The first kappa shape index (κ1) is 33.6. The lowest BCUT2D eigenvalue weighted by molar-refractivity contribution is -0.121. The minimum Gasteiger partial charge on any atom is -0.478 e. The first-order valence-corrected chi connectivity index (χ1v) is 16.7. The molecular formula is C36H47N3O7. The highest BCUT2D eigenvalue weighted by Gasteiger charge is 2.30. The van der Waals surface area contributed by atoms with Gasteiger partial charge >= 0.3 is 11.9 Å². The Bertz CT molecular complexity index is 1460. The number of aromatic amines is 1. The highest BCUT2D eigenvalue weighted by Crippen LogP contribution is 2.38. The lowest BCUT2D eigenvalue weighted by atomic mass is 9.75. The first-order chi connectivity index (χ1) is 22.3. The van der Waals surface area contributed by atoms with Crippen LogP contribution in [0.15, 0.2) is 42.5 Å². The third kappa shape index (κ3) is 8.74. The lowest BCUT2D eigenvalue weighted by Crippen LogP contribution is -2.27. The summed E-state index contributed by atoms with van der Waals surface area (Å²) in [7, 11) is 0. The van der Waals surface area contributed by atoms with E-state index < -0.39 is 11.9 Å². The predicted octanol–water partition coefficient (Wildman–Crippen LogP) is 6.24. The van der Waals surface area contributed by atoms with Crippen LogP contribution in [0.2, 0.25) is 0 Å². The Morgan fingerprint density at radius 3 is 1.80 bits per heavy atom. The highest BCUT2D eigenvalue weighted by molar-refractivity contribution is 5.95. The molecule has 3 aromatic rings. The average molecular weight is 634 g/mol. The molecule has 10 nitrogen and oxygen atoms in total. The van der Waals surface area contributed by atoms with Crippen LogP contribution in [-0.4, -0.2) is 59.3 Å². The molecule has 10 heteroatoms. The summed E-state index contributed by atoms with van der Waals surface area (Å²) in [6, 6.07) is 11.6. The number of Topliss-reactive ketones (excluding diaryl/α,β-unsaturated/α-hetero) is 1. The zero-order chi connectivity index (χ0) is 32.5. The summed E-state index contributed by atoms with van der Waals surface area (Å²) in [4.78, 5) is 36.1. The van der Waals surface area contributed by atoms with E-state index in [-0.39, 0.29) is 5.56 Å². The third-order valence-electron chi connectivity index (χ3n) is 10.2. The van der Waals surface area contributed by atoms with E-state index in [1.807, 2.05) is 12.1 Å². The predicted molar refractivity (Wildman–Crippen MR) is 176 cm³/mol. The van der Waals surface area contributed by atoms with Gasteiger partial charge in [0.1, 0.15) is 5.78 Å². The van der Waals surface area contributed by atoms with Gasteiger partial charge in [-0.2, -0.15) is 0 Å². The second-order valence-corrected chi connectivity index (χ2v) is 13.0. The molecule has 3 heterocycles. The average Bonchev–Trinajstić information content (AvgIpc) is 3.47. The Morgan fingerprint density at radius 1 is 0.717 bits per heavy atom. The topological polar surface area (TPSA) is 164 Å². The Labute approximate surface area is 270 Å². The molecule has 0 radical (unpaired) electrons. The second-order valence-electron chi connectivity index (χ2n) is 13.0. The van der Waals surface area contributed by atoms with Crippen LogP contribution in [0.1, 0.15) is 89.8 Å². The maximum Gasteiger partial charge on any atom is 0.335 e. The first-order valence-electron chi connectivity index (χ1n) is 16.7. The number of anilines is 1. The highest BCUT2D eigenvalue weighted by atomic mass is 16.5. The number of H-pyrrole nitrogens is 1. The van der Waals surface area contributed by atoms with Crippen LogP contribution in [0.3, 0.4) is 0 Å². The summed E-state index contributed by atoms with van der Waals surface area (Å²) in [6.45, 7) is 3.67. The van der Waals surface area contributed by atoms with Gasteiger partial charge in [0.05, 0.1) is 11.1 Å². The number of aryl methyl sites for hydroxylation is 1. The van der Waals surface area contributed by atoms with Gasteiger partial charge in [-0.15, -0.1) is 0 Å². The van der Waals surface area contributed by atoms with Crippen molar-refractivity contribution < 1.29 is 34.1 Å². The summed E-state index contributed by atoms with van der Waals surface area (Å²) in [5, 5.41) is 18.8. The number of carboxylic acids is 2. The van der Waals surface area contributed by atoms with Gasteiger partial charge in [-0.3, -0.25) is 10.6 Å². The number of benzene rings is 2. The molecule has 1 aromatic heterocycles. The van der Waals surface area contributed by atoms with Gasteiger partial charge < -0.3 is 30.1 Å². The number of nitrogens with one attached hydrogen (secondary N) is 2. The van der Waals surface area contributed by atoms with Crippen molar-refractivity contribution in [3.05, 3.63) is 64.8 Å². The number of aromatic carboxylic acids is 2. The largest absolute Gasteiger partial charge is 0.478 e. The van der Waals surface area contributed by atoms with Crippen molar-refractivity contribution in [1.29, 1.82) is 0 Å². The van der Waals surface area contributed by atoms with Gasteiger partial charge in [-0.1, -0.05) is 0 Å². The van der Waals surface area contributed by atoms with E-state index in [1.54, 1.807) is 18.2 Å². The lowest BCUT2D eigenvalue weighted by Gasteiger charge is -2.33. The number of hydrogen-bond acceptors (Lipinski definition) is 7. The monoisotopic (exact) mass is 633 g/mol. The third-order valence-corrected chi connectivity index (χ3v) is 10.2. The molecule has 3 fully saturated rings. The van der Waals surface area contributed by atoms with E-state index in [4.69, 9.17) is 20.4 Å². The van der Waals surface area contributed by atoms with Crippen LogP contribution >= 0.6 is 0 Å². The fraction of sp³-hybridized carbons (Fsp3) is 0.528. The molecule has 0 amide bonds. The molecule has 0 bridgehead atoms. The van der Waals surface area contributed by atoms with Crippen molar-refractivity contribution in [3.8, 4) is 0 Å². The van der Waals surface area contributed by atoms with E-state index in [0.717, 1.165) is 93.6 Å². The summed E-state index contributed by atoms with van der Waals surface area (Å²) >= 11 is 0. The van der Waals surface area contributed by atoms with E-state index in [2.05, 4.69) is 10.4 Å². The standard InChI is InChI=1S/C18H21NO3.C11H18O2.C7H8N2O2/c20-18(21)13-2-4-17-15(10-13)14-9-12(1-3-16(14)19-17)11-5-7-22-8-6-11;12-11-3-1-9(2-4-11)10-5-7-13-8-6-10;8-9-6-3-1-5(2-4-6)7(10)11/h2,4,10-12,19H,1,3,5-9H2,(H,20,21);9-10H,1-8H2;1-4,9H,8H2,(H,10,11). The van der Waals surface area contributed by atoms with Crippen molar-refractivity contribution in [2.24, 2.45) is 29.5 Å². The molecule has 1 saturated carbocycles. The minimum atomic E-state index is -0.937. The zero-order valence-electron chi connectivity index (χ0n) is 26.5. The molecule has 6 N–H and O–H groups in total. The molecule has 2 aliphatic carbocycles. The van der Waals surface area contributed by atoms with Gasteiger partial charge in [0.2, 0.25) is 0 Å². The van der Waals surface area contributed by atoms with Crippen molar-refractivity contribution in [1.82, 2.24) is 4.98 Å². The number of hydrazine groups is 1. The molecule has 2 aromatic carbocycles. The molecule has 7 rings (SSSR count). The normalized spacial score (nSPS) is 20.9. The van der Waals surface area contributed by atoms with Gasteiger partial charge in [-0.05, 0) is 129 Å². The maximum absolute atomic E-state index is 11.2. The molecule has 4 aliphatic rings. The summed E-state index contributed by atoms with van der Waals surface area (Å²) in [6.07, 6.45) is 12.1. The molecule has 248 valence electrons. The number of fused-ring (bicyclic) bond motifs is 3. The minimum absolute atomic E-state index is 0.254. The van der Waals surface area contributed by atoms with Crippen molar-refractivity contribution in [2.75, 3.05) is 31.9 Å². The van der Waals surface area contributed by atoms with E-state index in [0.29, 0.717) is 23.0 Å². The van der Waals surface area contributed by atoms with Crippen LogP contribution in [0.4, 0.5) is 5.69 Å². The van der Waals surface area contributed by atoms with Gasteiger partial charge in [-0.25, -0.2) is 9.59 Å². The number of aromatic nitrogens is 1. The zero-order valence-corrected chi connectivity index (χ0v) is 26.5. The number of hydrogen-bond donors (Lipinski definition) is 5. The van der Waals surface area contributed by atoms with Crippen LogP contribution in [0.5, 0.6) is 0 Å². The number of carboxylic acid groups (broad SMARTS) is 2. The Morgan fingerprint density at radius 2 is 1.24 bits per heavy atom. The number of ketones is 1. The summed E-state index contributed by atoms with van der Waals surface area (Å²) in [5.74, 6) is 6.90. The fourth-order valence-electron chi connectivity index (χ4n) is 7.50. The van der Waals surface area contributed by atoms with Crippen LogP contribution < -0.4 is 11.3 Å². The number of nitrogens with two attached hydrogens (primary N) is 1. The quantitative estimate of drug-likeness (QED) is 0.162. The number of carbonyl (C=O) groups excluding carboxylic acids is 1. The molecule has 0 spiro atoms. The Hall–Kier alpha value is -3.73. The number of carbonyl (C=O) groups is 3. The van der Waals surface area contributed by atoms with E-state index in [9.17, 15) is 19.5 Å². The van der Waals surface area contributed by atoms with Crippen LogP contribution in [-0.2, 0) is 27.1 Å². The fourth-order valence-corrected chi connectivity index (χ4v) is 7.50. The van der Waals surface area contributed by atoms with Crippen molar-refractivity contribution in [3.63, 3.8) is 0 Å². The number of nitrogen functional groups attached to an aromatic ring is 1. The van der Waals surface area contributed by atoms with Crippen molar-refractivity contribution >= 4 is 34.3 Å². The van der Waals surface area contributed by atoms with Gasteiger partial charge in [0.15, 0.2) is 0 Å². The van der Waals surface area contributed by atoms with Gasteiger partial charge in [0, 0.05) is 61.6 Å². The number of rotatable bonds is 5. The Kier molecular flexibility index (Phi) is 11.8. The summed E-state index contributed by atoms with van der Waals surface area (Å²) in [5.41, 5.74) is 7.45. The molecule has 2 saturated heterocycles. The SMILES string of the molecule is NNc1ccc(C(=O)O)cc1.O=C(O)c1ccc2[nH]c3c(c2c1)CC(C1CCOCC1)CC3.O=C1CCC(C2CCOCC2)CC1.